The lowest BCUT2D eigenvalue weighted by Crippen LogP contribution is -2.19. The van der Waals surface area contributed by atoms with E-state index in [0.29, 0.717) is 5.02 Å². The minimum atomic E-state index is 0.213. The Morgan fingerprint density at radius 2 is 1.89 bits per heavy atom. The lowest BCUT2D eigenvalue weighted by Gasteiger charge is -2.15. The summed E-state index contributed by atoms with van der Waals surface area (Å²) in [4.78, 5) is 4.37. The average Bonchev–Trinajstić information content (AvgIpc) is 2.39. The second kappa shape index (κ2) is 5.98. The summed E-state index contributed by atoms with van der Waals surface area (Å²) in [5, 5.41) is 3.97. The van der Waals surface area contributed by atoms with Crippen molar-refractivity contribution in [2.24, 2.45) is 0 Å². The van der Waals surface area contributed by atoms with Crippen molar-refractivity contribution in [2.45, 2.75) is 19.4 Å². The maximum atomic E-state index is 5.85. The Hall–Kier alpha value is -1.38. The summed E-state index contributed by atoms with van der Waals surface area (Å²) >= 11 is 5.85. The van der Waals surface area contributed by atoms with Gasteiger partial charge in [0, 0.05) is 6.20 Å². The van der Waals surface area contributed by atoms with Gasteiger partial charge in [-0.3, -0.25) is 4.98 Å². The predicted octanol–water partition coefficient (Wildman–Crippen LogP) is 3.55. The highest BCUT2D eigenvalue weighted by Gasteiger charge is 2.11. The SMILES string of the molecule is CNC(Cc1ccc(C)cc1)c1ccc(Cl)cn1. The number of pyridine rings is 1. The fourth-order valence-corrected chi connectivity index (χ4v) is 2.02. The molecule has 2 nitrogen and oxygen atoms in total. The van der Waals surface area contributed by atoms with Crippen LogP contribution in [-0.2, 0) is 6.42 Å². The van der Waals surface area contributed by atoms with Crippen molar-refractivity contribution in [1.82, 2.24) is 10.3 Å². The van der Waals surface area contributed by atoms with Crippen LogP contribution in [0.25, 0.3) is 0 Å². The molecule has 94 valence electrons. The van der Waals surface area contributed by atoms with Gasteiger partial charge >= 0.3 is 0 Å². The highest BCUT2D eigenvalue weighted by molar-refractivity contribution is 6.30. The lowest BCUT2D eigenvalue weighted by molar-refractivity contribution is 0.576. The largest absolute Gasteiger partial charge is 0.311 e. The maximum absolute atomic E-state index is 5.85. The predicted molar refractivity (Wildman–Crippen MR) is 75.9 cm³/mol. The van der Waals surface area contributed by atoms with Crippen molar-refractivity contribution in [1.29, 1.82) is 0 Å². The number of nitrogens with zero attached hydrogens (tertiary/aromatic N) is 1. The highest BCUT2D eigenvalue weighted by atomic mass is 35.5. The summed E-state index contributed by atoms with van der Waals surface area (Å²) in [6.07, 6.45) is 2.61. The maximum Gasteiger partial charge on any atom is 0.0589 e. The van der Waals surface area contributed by atoms with E-state index in [4.69, 9.17) is 11.6 Å². The van der Waals surface area contributed by atoms with E-state index in [0.717, 1.165) is 12.1 Å². The molecule has 0 saturated carbocycles. The molecule has 0 aliphatic heterocycles. The molecule has 1 N–H and O–H groups in total. The molecule has 0 aliphatic rings. The Balaban J connectivity index is 2.14. The Labute approximate surface area is 113 Å². The fraction of sp³-hybridized carbons (Fsp3) is 0.267. The van der Waals surface area contributed by atoms with Crippen LogP contribution in [0.5, 0.6) is 0 Å². The van der Waals surface area contributed by atoms with Gasteiger partial charge in [-0.25, -0.2) is 0 Å². The van der Waals surface area contributed by atoms with Crippen molar-refractivity contribution >= 4 is 11.6 Å². The third kappa shape index (κ3) is 3.31. The average molecular weight is 261 g/mol. The molecule has 3 heteroatoms. The topological polar surface area (TPSA) is 24.9 Å². The fourth-order valence-electron chi connectivity index (χ4n) is 1.91. The van der Waals surface area contributed by atoms with Gasteiger partial charge in [-0.1, -0.05) is 41.4 Å². The lowest BCUT2D eigenvalue weighted by atomic mass is 10.0. The smallest absolute Gasteiger partial charge is 0.0589 e. The molecule has 0 spiro atoms. The quantitative estimate of drug-likeness (QED) is 0.910. The molecule has 2 aromatic rings. The zero-order chi connectivity index (χ0) is 13.0. The van der Waals surface area contributed by atoms with Crippen LogP contribution in [0.1, 0.15) is 22.9 Å². The Kier molecular flexibility index (Phi) is 4.34. The monoisotopic (exact) mass is 260 g/mol. The molecule has 1 aromatic carbocycles. The molecule has 0 aliphatic carbocycles. The van der Waals surface area contributed by atoms with Gasteiger partial charge < -0.3 is 5.32 Å². The number of nitrogens with one attached hydrogen (secondary N) is 1. The number of halogens is 1. The number of hydrogen-bond acceptors (Lipinski definition) is 2. The first-order valence-corrected chi connectivity index (χ1v) is 6.41. The van der Waals surface area contributed by atoms with Gasteiger partial charge in [0.15, 0.2) is 0 Å². The molecule has 18 heavy (non-hydrogen) atoms. The van der Waals surface area contributed by atoms with Gasteiger partial charge in [0.05, 0.1) is 16.8 Å². The number of aromatic nitrogens is 1. The summed E-state index contributed by atoms with van der Waals surface area (Å²) in [6, 6.07) is 12.7. The van der Waals surface area contributed by atoms with Crippen LogP contribution in [0.2, 0.25) is 5.02 Å². The van der Waals surface area contributed by atoms with E-state index >= 15 is 0 Å². The van der Waals surface area contributed by atoms with Crippen LogP contribution in [0.4, 0.5) is 0 Å². The first kappa shape index (κ1) is 13.1. The molecule has 0 amide bonds. The molecule has 1 aromatic heterocycles. The Bertz CT molecular complexity index is 491. The number of likely N-dealkylation sites (N-methyl/N-ethyl adjacent to an activating group) is 1. The second-order valence-electron chi connectivity index (χ2n) is 4.43. The van der Waals surface area contributed by atoms with E-state index in [9.17, 15) is 0 Å². The summed E-state index contributed by atoms with van der Waals surface area (Å²) in [6.45, 7) is 2.10. The van der Waals surface area contributed by atoms with Crippen LogP contribution in [-0.4, -0.2) is 12.0 Å². The normalized spacial score (nSPS) is 12.4. The molecule has 0 saturated heterocycles. The van der Waals surface area contributed by atoms with Gasteiger partial charge in [0.2, 0.25) is 0 Å². The second-order valence-corrected chi connectivity index (χ2v) is 4.87. The third-order valence-corrected chi connectivity index (χ3v) is 3.24. The zero-order valence-corrected chi connectivity index (χ0v) is 11.4. The van der Waals surface area contributed by atoms with E-state index < -0.39 is 0 Å². The summed E-state index contributed by atoms with van der Waals surface area (Å²) in [5.41, 5.74) is 3.60. The molecule has 0 radical (unpaired) electrons. The van der Waals surface area contributed by atoms with Crippen molar-refractivity contribution < 1.29 is 0 Å². The molecule has 2 rings (SSSR count). The van der Waals surface area contributed by atoms with Crippen LogP contribution in [0.3, 0.4) is 0 Å². The number of rotatable bonds is 4. The van der Waals surface area contributed by atoms with E-state index in [-0.39, 0.29) is 6.04 Å². The minimum absolute atomic E-state index is 0.213. The van der Waals surface area contributed by atoms with Crippen molar-refractivity contribution in [3.8, 4) is 0 Å². The van der Waals surface area contributed by atoms with Crippen LogP contribution in [0, 0.1) is 6.92 Å². The highest BCUT2D eigenvalue weighted by Crippen LogP contribution is 2.18. The molecular weight excluding hydrogens is 244 g/mol. The van der Waals surface area contributed by atoms with E-state index in [1.807, 2.05) is 19.2 Å². The first-order valence-electron chi connectivity index (χ1n) is 6.03. The van der Waals surface area contributed by atoms with Gasteiger partial charge in [0.25, 0.3) is 0 Å². The first-order chi connectivity index (χ1) is 8.69. The minimum Gasteiger partial charge on any atom is -0.311 e. The van der Waals surface area contributed by atoms with Crippen molar-refractivity contribution in [3.63, 3.8) is 0 Å². The molecule has 0 bridgehead atoms. The number of benzene rings is 1. The van der Waals surface area contributed by atoms with Crippen LogP contribution < -0.4 is 5.32 Å². The van der Waals surface area contributed by atoms with Crippen LogP contribution in [0.15, 0.2) is 42.6 Å². The Morgan fingerprint density at radius 1 is 1.17 bits per heavy atom. The number of hydrogen-bond donors (Lipinski definition) is 1. The van der Waals surface area contributed by atoms with E-state index in [2.05, 4.69) is 41.5 Å². The molecular formula is C15H17ClN2. The van der Waals surface area contributed by atoms with E-state index in [1.54, 1.807) is 6.20 Å². The molecule has 1 unspecified atom stereocenters. The Morgan fingerprint density at radius 3 is 2.44 bits per heavy atom. The van der Waals surface area contributed by atoms with Crippen LogP contribution >= 0.6 is 11.6 Å². The molecule has 1 atom stereocenters. The van der Waals surface area contributed by atoms with Crippen molar-refractivity contribution in [3.05, 3.63) is 64.4 Å². The number of aryl methyl sites for hydroxylation is 1. The molecule has 1 heterocycles. The summed E-state index contributed by atoms with van der Waals surface area (Å²) in [5.74, 6) is 0. The van der Waals surface area contributed by atoms with E-state index in [1.165, 1.54) is 11.1 Å². The van der Waals surface area contributed by atoms with Gasteiger partial charge in [-0.05, 0) is 38.1 Å². The summed E-state index contributed by atoms with van der Waals surface area (Å²) in [7, 11) is 1.95. The van der Waals surface area contributed by atoms with Gasteiger partial charge in [-0.2, -0.15) is 0 Å². The van der Waals surface area contributed by atoms with Gasteiger partial charge in [-0.15, -0.1) is 0 Å². The third-order valence-electron chi connectivity index (χ3n) is 3.02. The molecule has 0 fully saturated rings. The van der Waals surface area contributed by atoms with Crippen molar-refractivity contribution in [2.75, 3.05) is 7.05 Å². The summed E-state index contributed by atoms with van der Waals surface area (Å²) < 4.78 is 0. The van der Waals surface area contributed by atoms with Gasteiger partial charge in [0.1, 0.15) is 0 Å². The zero-order valence-electron chi connectivity index (χ0n) is 10.7. The standard InChI is InChI=1S/C15H17ClN2/c1-11-3-5-12(6-4-11)9-15(17-2)14-8-7-13(16)10-18-14/h3-8,10,15,17H,9H2,1-2H3.